The maximum atomic E-state index is 14.0. The Morgan fingerprint density at radius 2 is 2.00 bits per heavy atom. The van der Waals surface area contributed by atoms with Crippen LogP contribution in [0.5, 0.6) is 0 Å². The van der Waals surface area contributed by atoms with Gasteiger partial charge in [-0.15, -0.1) is 11.3 Å². The summed E-state index contributed by atoms with van der Waals surface area (Å²) in [5.74, 6) is -0.513. The van der Waals surface area contributed by atoms with Crippen LogP contribution < -0.4 is 5.73 Å². The molecular formula is C15H8FN3S. The molecule has 20 heavy (non-hydrogen) atoms. The summed E-state index contributed by atoms with van der Waals surface area (Å²) in [6.07, 6.45) is 0. The van der Waals surface area contributed by atoms with Crippen molar-refractivity contribution in [2.75, 3.05) is 0 Å². The quantitative estimate of drug-likeness (QED) is 0.873. The highest BCUT2D eigenvalue weighted by molar-refractivity contribution is 7.10. The predicted octanol–water partition coefficient (Wildman–Crippen LogP) is 2.90. The number of fused-ring (bicyclic) bond motifs is 1. The number of nitrogens with zero attached hydrogens (tertiary/aromatic N) is 2. The summed E-state index contributed by atoms with van der Waals surface area (Å²) in [7, 11) is 0. The second kappa shape index (κ2) is 4.19. The largest absolute Gasteiger partial charge is 0.397 e. The standard InChI is InChI=1S/C15H8FN3S/c16-11-4-1-3-9-13(11)14(19)10(7-17)15(9,8-18)12-5-2-6-20-12/h1-6H,19H2/t15-/m0/s1. The first kappa shape index (κ1) is 12.4. The van der Waals surface area contributed by atoms with E-state index in [0.29, 0.717) is 10.4 Å². The van der Waals surface area contributed by atoms with E-state index in [1.54, 1.807) is 18.2 Å². The molecule has 0 spiro atoms. The van der Waals surface area contributed by atoms with E-state index in [4.69, 9.17) is 5.73 Å². The summed E-state index contributed by atoms with van der Waals surface area (Å²) < 4.78 is 14.0. The van der Waals surface area contributed by atoms with Crippen molar-refractivity contribution in [1.82, 2.24) is 0 Å². The van der Waals surface area contributed by atoms with Gasteiger partial charge in [0.1, 0.15) is 5.82 Å². The van der Waals surface area contributed by atoms with E-state index in [1.165, 1.54) is 23.5 Å². The molecule has 3 rings (SSSR count). The van der Waals surface area contributed by atoms with Crippen molar-refractivity contribution in [1.29, 1.82) is 10.5 Å². The summed E-state index contributed by atoms with van der Waals surface area (Å²) in [6.45, 7) is 0. The highest BCUT2D eigenvalue weighted by atomic mass is 32.1. The van der Waals surface area contributed by atoms with Crippen LogP contribution in [0.3, 0.4) is 0 Å². The topological polar surface area (TPSA) is 73.6 Å². The predicted molar refractivity (Wildman–Crippen MR) is 73.8 cm³/mol. The second-order valence-corrected chi connectivity index (χ2v) is 5.35. The van der Waals surface area contributed by atoms with Gasteiger partial charge in [-0.1, -0.05) is 18.2 Å². The summed E-state index contributed by atoms with van der Waals surface area (Å²) in [5, 5.41) is 21.0. The number of benzene rings is 1. The third-order valence-electron chi connectivity index (χ3n) is 3.50. The molecule has 0 radical (unpaired) electrons. The SMILES string of the molecule is N#CC1=C(N)c2c(F)cccc2[C@]1(C#N)c1cccs1. The molecule has 1 heterocycles. The fraction of sp³-hybridized carbons (Fsp3) is 0.0667. The van der Waals surface area contributed by atoms with Crippen LogP contribution in [0.4, 0.5) is 4.39 Å². The number of rotatable bonds is 1. The summed E-state index contributed by atoms with van der Waals surface area (Å²) in [4.78, 5) is 0.670. The van der Waals surface area contributed by atoms with Crippen molar-refractivity contribution in [3.63, 3.8) is 0 Å². The Balaban J connectivity index is 2.47. The molecule has 96 valence electrons. The van der Waals surface area contributed by atoms with Crippen molar-refractivity contribution in [3.8, 4) is 12.1 Å². The van der Waals surface area contributed by atoms with E-state index >= 15 is 0 Å². The molecule has 1 aromatic carbocycles. The zero-order valence-corrected chi connectivity index (χ0v) is 11.0. The van der Waals surface area contributed by atoms with Crippen LogP contribution in [0.15, 0.2) is 41.3 Å². The number of nitrogens with two attached hydrogens (primary N) is 1. The molecule has 3 nitrogen and oxygen atoms in total. The minimum atomic E-state index is -1.30. The van der Waals surface area contributed by atoms with Crippen molar-refractivity contribution in [2.24, 2.45) is 5.73 Å². The molecule has 2 aromatic rings. The van der Waals surface area contributed by atoms with Crippen molar-refractivity contribution >= 4 is 17.0 Å². The van der Waals surface area contributed by atoms with Gasteiger partial charge in [-0.2, -0.15) is 10.5 Å². The molecule has 0 aliphatic heterocycles. The Kier molecular flexibility index (Phi) is 2.60. The molecule has 0 fully saturated rings. The number of halogens is 1. The van der Waals surface area contributed by atoms with Crippen molar-refractivity contribution < 1.29 is 4.39 Å². The van der Waals surface area contributed by atoms with Crippen LogP contribution in [0.2, 0.25) is 0 Å². The zero-order valence-electron chi connectivity index (χ0n) is 10.2. The van der Waals surface area contributed by atoms with Crippen LogP contribution >= 0.6 is 11.3 Å². The molecule has 0 amide bonds. The fourth-order valence-electron chi connectivity index (χ4n) is 2.64. The van der Waals surface area contributed by atoms with Crippen LogP contribution in [0.25, 0.3) is 5.70 Å². The maximum Gasteiger partial charge on any atom is 0.154 e. The first-order valence-corrected chi connectivity index (χ1v) is 6.69. The molecular weight excluding hydrogens is 273 g/mol. The van der Waals surface area contributed by atoms with E-state index in [-0.39, 0.29) is 16.8 Å². The van der Waals surface area contributed by atoms with Gasteiger partial charge in [-0.25, -0.2) is 4.39 Å². The molecule has 0 unspecified atom stereocenters. The molecule has 1 aliphatic carbocycles. The van der Waals surface area contributed by atoms with E-state index in [0.717, 1.165) is 0 Å². The molecule has 5 heteroatoms. The van der Waals surface area contributed by atoms with Gasteiger partial charge in [0, 0.05) is 10.4 Å². The number of nitriles is 2. The van der Waals surface area contributed by atoms with Crippen molar-refractivity contribution in [2.45, 2.75) is 5.41 Å². The molecule has 0 bridgehead atoms. The molecule has 1 aliphatic rings. The number of hydrogen-bond acceptors (Lipinski definition) is 4. The number of hydrogen-bond donors (Lipinski definition) is 1. The second-order valence-electron chi connectivity index (χ2n) is 4.40. The van der Waals surface area contributed by atoms with Gasteiger partial charge in [-0.05, 0) is 23.1 Å². The van der Waals surface area contributed by atoms with Crippen LogP contribution in [-0.4, -0.2) is 0 Å². The monoisotopic (exact) mass is 281 g/mol. The number of allylic oxidation sites excluding steroid dienone is 1. The highest BCUT2D eigenvalue weighted by Gasteiger charge is 2.49. The van der Waals surface area contributed by atoms with Gasteiger partial charge in [0.2, 0.25) is 0 Å². The lowest BCUT2D eigenvalue weighted by atomic mass is 9.77. The highest BCUT2D eigenvalue weighted by Crippen LogP contribution is 2.50. The Labute approximate surface area is 119 Å². The maximum absolute atomic E-state index is 14.0. The van der Waals surface area contributed by atoms with E-state index in [1.807, 2.05) is 11.4 Å². The minimum absolute atomic E-state index is 0.0514. The summed E-state index contributed by atoms with van der Waals surface area (Å²) in [5.41, 5.74) is 5.39. The lowest BCUT2D eigenvalue weighted by Crippen LogP contribution is -2.24. The zero-order chi connectivity index (χ0) is 14.3. The van der Waals surface area contributed by atoms with E-state index < -0.39 is 11.2 Å². The molecule has 2 N–H and O–H groups in total. The van der Waals surface area contributed by atoms with Gasteiger partial charge >= 0.3 is 0 Å². The van der Waals surface area contributed by atoms with Gasteiger partial charge < -0.3 is 5.73 Å². The lowest BCUT2D eigenvalue weighted by Gasteiger charge is -2.21. The average Bonchev–Trinajstić information content (AvgIpc) is 3.05. The normalized spacial score (nSPS) is 20.4. The van der Waals surface area contributed by atoms with Gasteiger partial charge in [0.15, 0.2) is 5.41 Å². The van der Waals surface area contributed by atoms with Crippen LogP contribution in [0, 0.1) is 28.5 Å². The lowest BCUT2D eigenvalue weighted by molar-refractivity contribution is 0.621. The smallest absolute Gasteiger partial charge is 0.154 e. The first-order valence-electron chi connectivity index (χ1n) is 5.81. The minimum Gasteiger partial charge on any atom is -0.397 e. The molecule has 1 atom stereocenters. The molecule has 1 aromatic heterocycles. The number of thiophene rings is 1. The third kappa shape index (κ3) is 1.30. The molecule has 0 saturated carbocycles. The van der Waals surface area contributed by atoms with Gasteiger partial charge in [0.05, 0.1) is 23.4 Å². The fourth-order valence-corrected chi connectivity index (χ4v) is 3.53. The van der Waals surface area contributed by atoms with Gasteiger partial charge in [0.25, 0.3) is 0 Å². The van der Waals surface area contributed by atoms with Crippen LogP contribution in [-0.2, 0) is 5.41 Å². The van der Waals surface area contributed by atoms with Crippen molar-refractivity contribution in [3.05, 3.63) is 63.1 Å². The average molecular weight is 281 g/mol. The summed E-state index contributed by atoms with van der Waals surface area (Å²) in [6, 6.07) is 12.2. The van der Waals surface area contributed by atoms with E-state index in [2.05, 4.69) is 6.07 Å². The third-order valence-corrected chi connectivity index (χ3v) is 4.49. The Morgan fingerprint density at radius 3 is 2.60 bits per heavy atom. The molecule has 0 saturated heterocycles. The Bertz CT molecular complexity index is 809. The first-order chi connectivity index (χ1) is 9.66. The Morgan fingerprint density at radius 1 is 1.20 bits per heavy atom. The summed E-state index contributed by atoms with van der Waals surface area (Å²) >= 11 is 1.35. The van der Waals surface area contributed by atoms with E-state index in [9.17, 15) is 14.9 Å². The van der Waals surface area contributed by atoms with Crippen LogP contribution in [0.1, 0.15) is 16.0 Å². The van der Waals surface area contributed by atoms with Gasteiger partial charge in [-0.3, -0.25) is 0 Å². The Hall–Kier alpha value is -2.63.